The van der Waals surface area contributed by atoms with Crippen LogP contribution in [0.5, 0.6) is 0 Å². The molecule has 0 amide bonds. The zero-order valence-electron chi connectivity index (χ0n) is 11.1. The van der Waals surface area contributed by atoms with Crippen molar-refractivity contribution >= 4 is 5.69 Å². The fourth-order valence-electron chi connectivity index (χ4n) is 1.68. The van der Waals surface area contributed by atoms with Crippen molar-refractivity contribution in [1.82, 2.24) is 5.32 Å². The van der Waals surface area contributed by atoms with E-state index in [-0.39, 0.29) is 5.69 Å². The van der Waals surface area contributed by atoms with Crippen LogP contribution in [0.3, 0.4) is 0 Å². The van der Waals surface area contributed by atoms with Crippen LogP contribution in [0.1, 0.15) is 5.56 Å². The Morgan fingerprint density at radius 1 is 1.37 bits per heavy atom. The lowest BCUT2D eigenvalue weighted by Gasteiger charge is -2.19. The number of methoxy groups -OCH3 is 1. The number of halogens is 3. The third-order valence-corrected chi connectivity index (χ3v) is 2.65. The molecule has 0 spiro atoms. The van der Waals surface area contributed by atoms with Crippen LogP contribution >= 0.6 is 0 Å². The second-order valence-electron chi connectivity index (χ2n) is 4.23. The fraction of sp³-hybridized carbons (Fsp3) is 0.538. The van der Waals surface area contributed by atoms with E-state index in [0.29, 0.717) is 19.7 Å². The first-order valence-corrected chi connectivity index (χ1v) is 6.02. The Kier molecular flexibility index (Phi) is 6.66. The first-order chi connectivity index (χ1) is 9.04. The van der Waals surface area contributed by atoms with Gasteiger partial charge in [-0.05, 0) is 17.7 Å². The van der Waals surface area contributed by atoms with Gasteiger partial charge in [0.1, 0.15) is 5.82 Å². The average Bonchev–Trinajstić information content (AvgIpc) is 2.33. The van der Waals surface area contributed by atoms with Gasteiger partial charge in [0.15, 0.2) is 0 Å². The number of nitrogens with zero attached hydrogens (tertiary/aromatic N) is 1. The third-order valence-electron chi connectivity index (χ3n) is 2.65. The summed E-state index contributed by atoms with van der Waals surface area (Å²) in [5.74, 6) is -0.491. The van der Waals surface area contributed by atoms with Gasteiger partial charge in [0.25, 0.3) is 6.43 Å². The molecule has 0 atom stereocenters. The van der Waals surface area contributed by atoms with Crippen LogP contribution in [0, 0.1) is 5.82 Å². The number of anilines is 1. The molecule has 0 unspecified atom stereocenters. The Labute approximate surface area is 111 Å². The minimum absolute atomic E-state index is 0.181. The van der Waals surface area contributed by atoms with Gasteiger partial charge in [0.2, 0.25) is 0 Å². The summed E-state index contributed by atoms with van der Waals surface area (Å²) in [5.41, 5.74) is 0.948. The molecule has 1 N–H and O–H groups in total. The van der Waals surface area contributed by atoms with E-state index in [2.05, 4.69) is 5.32 Å². The largest absolute Gasteiger partial charge is 0.383 e. The van der Waals surface area contributed by atoms with Crippen LogP contribution in [0.15, 0.2) is 18.2 Å². The first-order valence-electron chi connectivity index (χ1n) is 6.02. The Balaban J connectivity index is 2.58. The quantitative estimate of drug-likeness (QED) is 0.737. The Bertz CT molecular complexity index is 388. The molecule has 0 saturated heterocycles. The molecule has 1 aromatic carbocycles. The van der Waals surface area contributed by atoms with E-state index < -0.39 is 18.8 Å². The number of hydrogen-bond acceptors (Lipinski definition) is 3. The van der Waals surface area contributed by atoms with E-state index in [1.54, 1.807) is 13.2 Å². The van der Waals surface area contributed by atoms with Gasteiger partial charge in [-0.25, -0.2) is 13.2 Å². The molecule has 0 aliphatic rings. The van der Waals surface area contributed by atoms with Crippen molar-refractivity contribution < 1.29 is 17.9 Å². The average molecular weight is 276 g/mol. The smallest absolute Gasteiger partial charge is 0.255 e. The van der Waals surface area contributed by atoms with Gasteiger partial charge in [-0.1, -0.05) is 6.07 Å². The molecule has 3 nitrogen and oxygen atoms in total. The monoisotopic (exact) mass is 276 g/mol. The molecule has 0 aliphatic heterocycles. The highest BCUT2D eigenvalue weighted by molar-refractivity contribution is 5.48. The molecule has 0 heterocycles. The normalized spacial score (nSPS) is 11.1. The molecule has 6 heteroatoms. The topological polar surface area (TPSA) is 24.5 Å². The second-order valence-corrected chi connectivity index (χ2v) is 4.23. The van der Waals surface area contributed by atoms with Crippen molar-refractivity contribution in [2.24, 2.45) is 0 Å². The Morgan fingerprint density at radius 2 is 2.11 bits per heavy atom. The molecule has 19 heavy (non-hydrogen) atoms. The highest BCUT2D eigenvalue weighted by atomic mass is 19.3. The van der Waals surface area contributed by atoms with Crippen molar-refractivity contribution in [3.63, 3.8) is 0 Å². The van der Waals surface area contributed by atoms with E-state index in [9.17, 15) is 13.2 Å². The molecule has 108 valence electrons. The maximum absolute atomic E-state index is 13.8. The van der Waals surface area contributed by atoms with E-state index in [1.165, 1.54) is 24.1 Å². The standard InChI is InChI=1S/C13H19F3N2O/c1-18(9-13(15)16)12-4-3-10(7-11(12)14)8-17-5-6-19-2/h3-4,7,13,17H,5-6,8-9H2,1-2H3. The zero-order valence-corrected chi connectivity index (χ0v) is 11.1. The number of rotatable bonds is 8. The van der Waals surface area contributed by atoms with Crippen molar-refractivity contribution in [1.29, 1.82) is 0 Å². The lowest BCUT2D eigenvalue weighted by molar-refractivity contribution is 0.156. The molecular formula is C13H19F3N2O. The van der Waals surface area contributed by atoms with Gasteiger partial charge >= 0.3 is 0 Å². The number of ether oxygens (including phenoxy) is 1. The van der Waals surface area contributed by atoms with Crippen molar-refractivity contribution in [3.05, 3.63) is 29.6 Å². The van der Waals surface area contributed by atoms with Crippen LogP contribution in [0.2, 0.25) is 0 Å². The summed E-state index contributed by atoms with van der Waals surface area (Å²) in [7, 11) is 3.05. The third kappa shape index (κ3) is 5.48. The lowest BCUT2D eigenvalue weighted by atomic mass is 10.2. The number of alkyl halides is 2. The van der Waals surface area contributed by atoms with E-state index >= 15 is 0 Å². The molecule has 1 rings (SSSR count). The van der Waals surface area contributed by atoms with Crippen molar-refractivity contribution in [2.75, 3.05) is 38.8 Å². The molecule has 1 aromatic rings. The molecular weight excluding hydrogens is 257 g/mol. The van der Waals surface area contributed by atoms with E-state index in [0.717, 1.165) is 5.56 Å². The molecule has 0 aliphatic carbocycles. The van der Waals surface area contributed by atoms with Gasteiger partial charge < -0.3 is 15.0 Å². The number of hydrogen-bond donors (Lipinski definition) is 1. The van der Waals surface area contributed by atoms with Gasteiger partial charge in [-0.2, -0.15) is 0 Å². The fourth-order valence-corrected chi connectivity index (χ4v) is 1.68. The predicted molar refractivity (Wildman–Crippen MR) is 69.3 cm³/mol. The molecule has 0 radical (unpaired) electrons. The van der Waals surface area contributed by atoms with Crippen LogP contribution in [-0.2, 0) is 11.3 Å². The number of nitrogens with one attached hydrogen (secondary N) is 1. The lowest BCUT2D eigenvalue weighted by Crippen LogP contribution is -2.25. The molecule has 0 bridgehead atoms. The number of benzene rings is 1. The van der Waals surface area contributed by atoms with Crippen molar-refractivity contribution in [3.8, 4) is 0 Å². The molecule has 0 aromatic heterocycles. The van der Waals surface area contributed by atoms with E-state index in [4.69, 9.17) is 4.74 Å². The zero-order chi connectivity index (χ0) is 14.3. The summed E-state index contributed by atoms with van der Waals surface area (Å²) >= 11 is 0. The minimum Gasteiger partial charge on any atom is -0.383 e. The molecule has 0 saturated carbocycles. The Hall–Kier alpha value is -1.27. The van der Waals surface area contributed by atoms with Gasteiger partial charge in [-0.15, -0.1) is 0 Å². The van der Waals surface area contributed by atoms with Crippen LogP contribution in [0.25, 0.3) is 0 Å². The minimum atomic E-state index is -2.49. The summed E-state index contributed by atoms with van der Waals surface area (Å²) in [4.78, 5) is 1.21. The summed E-state index contributed by atoms with van der Waals surface area (Å²) in [6.45, 7) is 1.28. The predicted octanol–water partition coefficient (Wildman–Crippen LogP) is 2.26. The highest BCUT2D eigenvalue weighted by Crippen LogP contribution is 2.20. The van der Waals surface area contributed by atoms with Crippen LogP contribution in [0.4, 0.5) is 18.9 Å². The summed E-state index contributed by atoms with van der Waals surface area (Å²) in [6.07, 6.45) is -2.49. The van der Waals surface area contributed by atoms with Gasteiger partial charge in [0, 0.05) is 27.2 Å². The summed E-state index contributed by atoms with van der Waals surface area (Å²) < 4.78 is 43.1. The van der Waals surface area contributed by atoms with Crippen LogP contribution < -0.4 is 10.2 Å². The SMILES string of the molecule is COCCNCc1ccc(N(C)CC(F)F)c(F)c1. The summed E-state index contributed by atoms with van der Waals surface area (Å²) in [6, 6.07) is 4.60. The van der Waals surface area contributed by atoms with Gasteiger partial charge in [0.05, 0.1) is 18.8 Å². The van der Waals surface area contributed by atoms with Gasteiger partial charge in [-0.3, -0.25) is 0 Å². The van der Waals surface area contributed by atoms with Crippen LogP contribution in [-0.4, -0.2) is 40.3 Å². The first kappa shape index (κ1) is 15.8. The van der Waals surface area contributed by atoms with Crippen molar-refractivity contribution in [2.45, 2.75) is 13.0 Å². The van der Waals surface area contributed by atoms with E-state index in [1.807, 2.05) is 0 Å². The summed E-state index contributed by atoms with van der Waals surface area (Å²) in [5, 5.41) is 3.09. The highest BCUT2D eigenvalue weighted by Gasteiger charge is 2.12. The second kappa shape index (κ2) is 8.01. The maximum atomic E-state index is 13.8. The molecule has 0 fully saturated rings. The maximum Gasteiger partial charge on any atom is 0.255 e. The Morgan fingerprint density at radius 3 is 2.68 bits per heavy atom.